The Morgan fingerprint density at radius 1 is 0.900 bits per heavy atom. The van der Waals surface area contributed by atoms with E-state index in [1.54, 1.807) is 31.2 Å². The molecule has 1 heterocycles. The van der Waals surface area contributed by atoms with E-state index < -0.39 is 23.8 Å². The summed E-state index contributed by atoms with van der Waals surface area (Å²) in [7, 11) is 0. The Morgan fingerprint density at radius 3 is 1.90 bits per heavy atom. The average Bonchev–Trinajstić information content (AvgIpc) is 3.05. The third-order valence-electron chi connectivity index (χ3n) is 3.96. The fraction of sp³-hybridized carbons (Fsp3) is 0.143. The molecule has 0 aromatic heterocycles. The Morgan fingerprint density at radius 2 is 1.40 bits per heavy atom. The molecule has 0 aliphatic carbocycles. The van der Waals surface area contributed by atoms with Gasteiger partial charge in [-0.1, -0.05) is 6.58 Å². The number of nitrogens with zero attached hydrogens (tertiary/aromatic N) is 3. The minimum Gasteiger partial charge on any atom is -0.423 e. The van der Waals surface area contributed by atoms with E-state index >= 15 is 0 Å². The molecular formula is C21H17N3O6. The van der Waals surface area contributed by atoms with Crippen LogP contribution in [-0.4, -0.2) is 28.8 Å². The third kappa shape index (κ3) is 5.02. The maximum Gasteiger partial charge on any atom is 0.363 e. The van der Waals surface area contributed by atoms with E-state index in [1.165, 1.54) is 24.3 Å². The van der Waals surface area contributed by atoms with Crippen LogP contribution >= 0.6 is 0 Å². The zero-order valence-corrected chi connectivity index (χ0v) is 16.0. The molecule has 1 aliphatic rings. The highest BCUT2D eigenvalue weighted by molar-refractivity contribution is 6.02. The summed E-state index contributed by atoms with van der Waals surface area (Å²) in [6.45, 7) is 5.07. The summed E-state index contributed by atoms with van der Waals surface area (Å²) in [6, 6.07) is 12.4. The predicted molar refractivity (Wildman–Crippen MR) is 104 cm³/mol. The average molecular weight is 407 g/mol. The van der Waals surface area contributed by atoms with E-state index in [9.17, 15) is 19.2 Å². The Balaban J connectivity index is 1.60. The molecule has 0 unspecified atom stereocenters. The molecule has 1 saturated heterocycles. The van der Waals surface area contributed by atoms with Gasteiger partial charge in [-0.15, -0.1) is 5.06 Å². The normalized spacial score (nSPS) is 13.6. The molecule has 0 saturated carbocycles. The zero-order valence-electron chi connectivity index (χ0n) is 16.0. The number of rotatable bonds is 6. The number of esters is 1. The van der Waals surface area contributed by atoms with Crippen LogP contribution in [0.25, 0.3) is 0 Å². The van der Waals surface area contributed by atoms with Crippen LogP contribution in [0.15, 0.2) is 70.9 Å². The first-order chi connectivity index (χ1) is 14.3. The lowest BCUT2D eigenvalue weighted by atomic mass is 10.2. The maximum absolute atomic E-state index is 12.1. The second-order valence-corrected chi connectivity index (χ2v) is 6.37. The highest BCUT2D eigenvalue weighted by Gasteiger charge is 2.33. The smallest absolute Gasteiger partial charge is 0.363 e. The number of azo groups is 1. The first-order valence-electron chi connectivity index (χ1n) is 8.91. The van der Waals surface area contributed by atoms with Crippen LogP contribution in [0.1, 0.15) is 30.1 Å². The minimum absolute atomic E-state index is 0.0305. The highest BCUT2D eigenvalue weighted by Crippen LogP contribution is 2.22. The van der Waals surface area contributed by atoms with Gasteiger partial charge >= 0.3 is 11.9 Å². The standard InChI is InChI=1S/C21H17N3O6/c1-13(2)20(27)29-17-9-7-16(8-10-17)23-22-15-5-3-14(4-6-15)21(28)30-24-18(25)11-12-19(24)26/h3-10H,1,11-12H2,2H3. The Labute approximate surface area is 171 Å². The van der Waals surface area contributed by atoms with Crippen LogP contribution in [-0.2, 0) is 19.2 Å². The number of carbonyl (C=O) groups is 4. The lowest BCUT2D eigenvalue weighted by molar-refractivity contribution is -0.172. The number of imide groups is 1. The van der Waals surface area contributed by atoms with Gasteiger partial charge in [0.2, 0.25) is 0 Å². The van der Waals surface area contributed by atoms with Gasteiger partial charge in [0.1, 0.15) is 5.75 Å². The van der Waals surface area contributed by atoms with E-state index in [1.807, 2.05) is 0 Å². The van der Waals surface area contributed by atoms with Gasteiger partial charge in [-0.3, -0.25) is 9.59 Å². The molecule has 0 spiro atoms. The summed E-state index contributed by atoms with van der Waals surface area (Å²) in [5, 5.41) is 8.61. The van der Waals surface area contributed by atoms with Crippen molar-refractivity contribution in [1.82, 2.24) is 5.06 Å². The number of carbonyl (C=O) groups excluding carboxylic acids is 4. The fourth-order valence-corrected chi connectivity index (χ4v) is 2.35. The first-order valence-corrected chi connectivity index (χ1v) is 8.91. The van der Waals surface area contributed by atoms with E-state index in [2.05, 4.69) is 16.8 Å². The van der Waals surface area contributed by atoms with Crippen molar-refractivity contribution in [2.45, 2.75) is 19.8 Å². The molecule has 1 aliphatic heterocycles. The Kier molecular flexibility index (Phi) is 6.11. The minimum atomic E-state index is -0.818. The number of hydroxylamine groups is 2. The van der Waals surface area contributed by atoms with Crippen molar-refractivity contribution in [3.05, 3.63) is 66.2 Å². The fourth-order valence-electron chi connectivity index (χ4n) is 2.35. The Bertz CT molecular complexity index is 1030. The lowest BCUT2D eigenvalue weighted by Crippen LogP contribution is -2.32. The monoisotopic (exact) mass is 407 g/mol. The SMILES string of the molecule is C=C(C)C(=O)Oc1ccc(N=Nc2ccc(C(=O)ON3C(=O)CCC3=O)cc2)cc1. The van der Waals surface area contributed by atoms with Crippen molar-refractivity contribution in [2.24, 2.45) is 10.2 Å². The molecule has 9 nitrogen and oxygen atoms in total. The van der Waals surface area contributed by atoms with Crippen molar-refractivity contribution in [1.29, 1.82) is 0 Å². The molecule has 0 N–H and O–H groups in total. The number of ether oxygens (including phenoxy) is 1. The molecule has 30 heavy (non-hydrogen) atoms. The van der Waals surface area contributed by atoms with Crippen molar-refractivity contribution in [3.8, 4) is 5.75 Å². The summed E-state index contributed by atoms with van der Waals surface area (Å²) in [4.78, 5) is 51.4. The molecule has 0 bridgehead atoms. The van der Waals surface area contributed by atoms with Crippen LogP contribution in [0, 0.1) is 0 Å². The van der Waals surface area contributed by atoms with Crippen LogP contribution in [0.4, 0.5) is 11.4 Å². The second kappa shape index (κ2) is 8.91. The summed E-state index contributed by atoms with van der Waals surface area (Å²) >= 11 is 0. The molecule has 9 heteroatoms. The summed E-state index contributed by atoms with van der Waals surface area (Å²) in [5.74, 6) is -2.05. The molecule has 2 amide bonds. The number of benzene rings is 2. The molecule has 0 atom stereocenters. The largest absolute Gasteiger partial charge is 0.423 e. The van der Waals surface area contributed by atoms with Gasteiger partial charge in [-0.2, -0.15) is 10.2 Å². The van der Waals surface area contributed by atoms with Crippen molar-refractivity contribution < 1.29 is 28.8 Å². The molecule has 0 radical (unpaired) electrons. The molecule has 2 aromatic rings. The second-order valence-electron chi connectivity index (χ2n) is 6.37. The third-order valence-corrected chi connectivity index (χ3v) is 3.96. The van der Waals surface area contributed by atoms with Crippen LogP contribution < -0.4 is 4.74 Å². The number of hydrogen-bond donors (Lipinski definition) is 0. The van der Waals surface area contributed by atoms with E-state index in [4.69, 9.17) is 9.57 Å². The van der Waals surface area contributed by atoms with E-state index in [0.29, 0.717) is 27.8 Å². The van der Waals surface area contributed by atoms with Crippen LogP contribution in [0.3, 0.4) is 0 Å². The van der Waals surface area contributed by atoms with Crippen molar-refractivity contribution >= 4 is 35.1 Å². The Hall–Kier alpha value is -4.14. The van der Waals surface area contributed by atoms with Gasteiger partial charge in [-0.25, -0.2) is 9.59 Å². The molecule has 2 aromatic carbocycles. The van der Waals surface area contributed by atoms with Gasteiger partial charge in [-0.05, 0) is 55.5 Å². The summed E-state index contributed by atoms with van der Waals surface area (Å²) in [6.07, 6.45) is 0.0610. The predicted octanol–water partition coefficient (Wildman–Crippen LogP) is 3.80. The molecular weight excluding hydrogens is 390 g/mol. The van der Waals surface area contributed by atoms with Gasteiger partial charge in [0, 0.05) is 18.4 Å². The first kappa shape index (κ1) is 20.6. The maximum atomic E-state index is 12.1. The van der Waals surface area contributed by atoms with E-state index in [0.717, 1.165) is 0 Å². The van der Waals surface area contributed by atoms with Gasteiger partial charge in [0.25, 0.3) is 11.8 Å². The quantitative estimate of drug-likeness (QED) is 0.236. The molecule has 1 fully saturated rings. The van der Waals surface area contributed by atoms with E-state index in [-0.39, 0.29) is 18.4 Å². The lowest BCUT2D eigenvalue weighted by Gasteiger charge is -2.12. The number of hydrogen-bond acceptors (Lipinski definition) is 8. The summed E-state index contributed by atoms with van der Waals surface area (Å²) in [5.41, 5.74) is 1.45. The zero-order chi connectivity index (χ0) is 21.7. The van der Waals surface area contributed by atoms with Crippen molar-refractivity contribution in [2.75, 3.05) is 0 Å². The number of amides is 2. The van der Waals surface area contributed by atoms with Crippen LogP contribution in [0.2, 0.25) is 0 Å². The van der Waals surface area contributed by atoms with Crippen LogP contribution in [0.5, 0.6) is 5.75 Å². The van der Waals surface area contributed by atoms with Gasteiger partial charge in [0.05, 0.1) is 16.9 Å². The van der Waals surface area contributed by atoms with Gasteiger partial charge in [0.15, 0.2) is 0 Å². The topological polar surface area (TPSA) is 115 Å². The molecule has 3 rings (SSSR count). The highest BCUT2D eigenvalue weighted by atomic mass is 16.7. The molecule has 152 valence electrons. The van der Waals surface area contributed by atoms with Crippen molar-refractivity contribution in [3.63, 3.8) is 0 Å². The van der Waals surface area contributed by atoms with Gasteiger partial charge < -0.3 is 9.57 Å². The summed E-state index contributed by atoms with van der Waals surface area (Å²) < 4.78 is 5.09.